The van der Waals surface area contributed by atoms with Crippen LogP contribution in [0.1, 0.15) is 21.0 Å². The summed E-state index contributed by atoms with van der Waals surface area (Å²) in [5.41, 5.74) is 1.66. The Hall–Kier alpha value is -3.65. The largest absolute Gasteiger partial charge is 0.451 e. The van der Waals surface area contributed by atoms with E-state index in [1.165, 1.54) is 28.9 Å². The highest BCUT2D eigenvalue weighted by molar-refractivity contribution is 9.10. The molecule has 6 nitrogen and oxygen atoms in total. The molecule has 0 aliphatic carbocycles. The highest BCUT2D eigenvalue weighted by atomic mass is 79.9. The molecule has 0 bridgehead atoms. The van der Waals surface area contributed by atoms with Gasteiger partial charge in [-0.25, -0.2) is 18.9 Å². The van der Waals surface area contributed by atoms with Crippen molar-refractivity contribution in [2.45, 2.75) is 0 Å². The van der Waals surface area contributed by atoms with Gasteiger partial charge in [0.15, 0.2) is 18.2 Å². The minimum Gasteiger partial charge on any atom is -0.451 e. The zero-order chi connectivity index (χ0) is 21.8. The number of carbonyl (C=O) groups excluding carboxylic acids is 2. The van der Waals surface area contributed by atoms with E-state index in [0.717, 1.165) is 4.47 Å². The maximum Gasteiger partial charge on any atom is 0.378 e. The first-order valence-electron chi connectivity index (χ1n) is 9.25. The van der Waals surface area contributed by atoms with Gasteiger partial charge in [-0.3, -0.25) is 4.79 Å². The molecule has 0 atom stereocenters. The molecular formula is C23H15BrFN3O3. The summed E-state index contributed by atoms with van der Waals surface area (Å²) in [4.78, 5) is 29.1. The number of benzene rings is 3. The maximum absolute atomic E-state index is 13.3. The zero-order valence-corrected chi connectivity index (χ0v) is 17.6. The number of hydrogen-bond acceptors (Lipinski definition) is 5. The van der Waals surface area contributed by atoms with Gasteiger partial charge in [-0.05, 0) is 36.4 Å². The molecule has 1 aromatic heterocycles. The Labute approximate surface area is 185 Å². The van der Waals surface area contributed by atoms with E-state index in [1.807, 2.05) is 30.3 Å². The van der Waals surface area contributed by atoms with Gasteiger partial charge in [-0.1, -0.05) is 58.4 Å². The smallest absolute Gasteiger partial charge is 0.378 e. The van der Waals surface area contributed by atoms with E-state index in [0.29, 0.717) is 22.6 Å². The van der Waals surface area contributed by atoms with E-state index in [9.17, 15) is 14.0 Å². The number of ether oxygens (including phenoxy) is 1. The monoisotopic (exact) mass is 479 g/mol. The second kappa shape index (κ2) is 9.01. The van der Waals surface area contributed by atoms with Crippen LogP contribution >= 0.6 is 15.9 Å². The van der Waals surface area contributed by atoms with E-state index < -0.39 is 18.4 Å². The minimum absolute atomic E-state index is 0.202. The third-order valence-electron chi connectivity index (χ3n) is 4.39. The van der Waals surface area contributed by atoms with E-state index in [4.69, 9.17) is 4.74 Å². The Morgan fingerprint density at radius 1 is 0.935 bits per heavy atom. The third kappa shape index (κ3) is 4.75. The molecule has 4 aromatic rings. The second-order valence-corrected chi connectivity index (χ2v) is 7.44. The van der Waals surface area contributed by atoms with E-state index >= 15 is 0 Å². The van der Waals surface area contributed by atoms with Crippen LogP contribution in [0.25, 0.3) is 17.1 Å². The summed E-state index contributed by atoms with van der Waals surface area (Å²) in [7, 11) is 0. The fourth-order valence-corrected chi connectivity index (χ4v) is 3.11. The molecule has 0 radical (unpaired) electrons. The van der Waals surface area contributed by atoms with Crippen LogP contribution in [0.5, 0.6) is 0 Å². The molecule has 0 fully saturated rings. The molecule has 0 N–H and O–H groups in total. The van der Waals surface area contributed by atoms with Crippen LogP contribution in [0.4, 0.5) is 4.39 Å². The van der Waals surface area contributed by atoms with Gasteiger partial charge in [0.2, 0.25) is 0 Å². The average Bonchev–Trinajstić information content (AvgIpc) is 3.24. The van der Waals surface area contributed by atoms with Crippen LogP contribution in [0.2, 0.25) is 0 Å². The molecular weight excluding hydrogens is 465 g/mol. The molecule has 0 spiro atoms. The number of halogens is 2. The molecule has 0 aliphatic heterocycles. The molecule has 154 valence electrons. The number of Topliss-reactive ketones (excluding diaryl/α,β-unsaturated/α-hetero) is 1. The molecule has 31 heavy (non-hydrogen) atoms. The Bertz CT molecular complexity index is 1220. The number of aromatic nitrogens is 3. The van der Waals surface area contributed by atoms with Crippen LogP contribution < -0.4 is 0 Å². The van der Waals surface area contributed by atoms with Crippen molar-refractivity contribution in [3.05, 3.63) is 101 Å². The van der Waals surface area contributed by atoms with Crippen LogP contribution in [0, 0.1) is 5.82 Å². The number of hydrogen-bond donors (Lipinski definition) is 0. The Kier molecular flexibility index (Phi) is 5.99. The quantitative estimate of drug-likeness (QED) is 0.291. The van der Waals surface area contributed by atoms with Crippen molar-refractivity contribution in [1.82, 2.24) is 14.8 Å². The summed E-state index contributed by atoms with van der Waals surface area (Å²) in [6.07, 6.45) is 0. The number of nitrogens with zero attached hydrogens (tertiary/aromatic N) is 3. The van der Waals surface area contributed by atoms with Gasteiger partial charge < -0.3 is 4.74 Å². The summed E-state index contributed by atoms with van der Waals surface area (Å²) in [6.45, 7) is -0.438. The van der Waals surface area contributed by atoms with Crippen LogP contribution in [-0.2, 0) is 4.74 Å². The number of esters is 1. The molecule has 3 aromatic carbocycles. The third-order valence-corrected chi connectivity index (χ3v) is 4.92. The topological polar surface area (TPSA) is 74.1 Å². The molecule has 4 rings (SSSR count). The summed E-state index contributed by atoms with van der Waals surface area (Å²) >= 11 is 3.30. The molecule has 1 heterocycles. The summed E-state index contributed by atoms with van der Waals surface area (Å²) in [6, 6.07) is 21.5. The highest BCUT2D eigenvalue weighted by Crippen LogP contribution is 2.21. The van der Waals surface area contributed by atoms with Crippen molar-refractivity contribution in [3.63, 3.8) is 0 Å². The molecule has 0 aliphatic rings. The molecule has 8 heteroatoms. The fourth-order valence-electron chi connectivity index (χ4n) is 2.85. The van der Waals surface area contributed by atoms with Crippen LogP contribution in [-0.4, -0.2) is 33.1 Å². The Balaban J connectivity index is 1.59. The summed E-state index contributed by atoms with van der Waals surface area (Å²) in [5, 5.41) is 4.24. The standard InChI is InChI=1S/C23H15BrFN3O3/c24-17-8-6-15(7-9-17)20(29)14-31-23(30)21-26-22(16-4-2-1-3-5-16)28(27-21)19-12-10-18(25)11-13-19/h1-13H,14H2. The van der Waals surface area contributed by atoms with Gasteiger partial charge in [0.05, 0.1) is 5.69 Å². The predicted molar refractivity (Wildman–Crippen MR) is 116 cm³/mol. The fraction of sp³-hybridized carbons (Fsp3) is 0.0435. The first-order chi connectivity index (χ1) is 15.0. The summed E-state index contributed by atoms with van der Waals surface area (Å²) < 4.78 is 20.7. The zero-order valence-electron chi connectivity index (χ0n) is 16.0. The lowest BCUT2D eigenvalue weighted by Gasteiger charge is -2.05. The van der Waals surface area contributed by atoms with Gasteiger partial charge >= 0.3 is 5.97 Å². The van der Waals surface area contributed by atoms with Gasteiger partial charge in [0.1, 0.15) is 5.82 Å². The van der Waals surface area contributed by atoms with Crippen molar-refractivity contribution in [1.29, 1.82) is 0 Å². The molecule has 0 saturated heterocycles. The van der Waals surface area contributed by atoms with Gasteiger partial charge in [0.25, 0.3) is 5.82 Å². The maximum atomic E-state index is 13.3. The molecule has 0 amide bonds. The lowest BCUT2D eigenvalue weighted by Crippen LogP contribution is -2.15. The Morgan fingerprint density at radius 3 is 2.29 bits per heavy atom. The number of carbonyl (C=O) groups is 2. The van der Waals surface area contributed by atoms with Crippen LogP contribution in [0.15, 0.2) is 83.3 Å². The summed E-state index contributed by atoms with van der Waals surface area (Å²) in [5.74, 6) is -1.38. The van der Waals surface area contributed by atoms with Crippen molar-refractivity contribution in [2.24, 2.45) is 0 Å². The van der Waals surface area contributed by atoms with Crippen molar-refractivity contribution in [2.75, 3.05) is 6.61 Å². The lowest BCUT2D eigenvalue weighted by atomic mass is 10.1. The predicted octanol–water partition coefficient (Wildman–Crippen LogP) is 4.88. The van der Waals surface area contributed by atoms with E-state index in [-0.39, 0.29) is 11.6 Å². The first kappa shape index (κ1) is 20.6. The lowest BCUT2D eigenvalue weighted by molar-refractivity contribution is 0.0462. The average molecular weight is 480 g/mol. The number of rotatable bonds is 6. The van der Waals surface area contributed by atoms with E-state index in [1.54, 1.807) is 24.3 Å². The number of ketones is 1. The van der Waals surface area contributed by atoms with E-state index in [2.05, 4.69) is 26.0 Å². The van der Waals surface area contributed by atoms with Crippen LogP contribution in [0.3, 0.4) is 0 Å². The minimum atomic E-state index is -0.830. The molecule has 0 saturated carbocycles. The van der Waals surface area contributed by atoms with Crippen molar-refractivity contribution >= 4 is 27.7 Å². The molecule has 0 unspecified atom stereocenters. The van der Waals surface area contributed by atoms with Crippen molar-refractivity contribution < 1.29 is 18.7 Å². The van der Waals surface area contributed by atoms with Gasteiger partial charge in [-0.15, -0.1) is 5.10 Å². The van der Waals surface area contributed by atoms with Crippen molar-refractivity contribution in [3.8, 4) is 17.1 Å². The SMILES string of the molecule is O=C(COC(=O)c1nc(-c2ccccc2)n(-c2ccc(F)cc2)n1)c1ccc(Br)cc1. The van der Waals surface area contributed by atoms with Gasteiger partial charge in [0, 0.05) is 15.6 Å². The highest BCUT2D eigenvalue weighted by Gasteiger charge is 2.21. The normalized spacial score (nSPS) is 10.6. The van der Waals surface area contributed by atoms with Gasteiger partial charge in [-0.2, -0.15) is 0 Å². The second-order valence-electron chi connectivity index (χ2n) is 6.52. The Morgan fingerprint density at radius 2 is 1.61 bits per heavy atom. The first-order valence-corrected chi connectivity index (χ1v) is 10.0.